The van der Waals surface area contributed by atoms with E-state index >= 15 is 0 Å². The first-order valence-electron chi connectivity index (χ1n) is 11.4. The Balaban J connectivity index is 1.25. The number of benzene rings is 1. The number of nitrogens with zero attached hydrogens (tertiary/aromatic N) is 4. The lowest BCUT2D eigenvalue weighted by atomic mass is 9.97. The van der Waals surface area contributed by atoms with Crippen molar-refractivity contribution in [3.63, 3.8) is 0 Å². The van der Waals surface area contributed by atoms with Crippen LogP contribution < -0.4 is 5.32 Å². The third kappa shape index (κ3) is 5.04. The molecule has 4 aromatic rings. The van der Waals surface area contributed by atoms with Crippen molar-refractivity contribution in [2.24, 2.45) is 5.92 Å². The maximum atomic E-state index is 12.8. The Kier molecular flexibility index (Phi) is 6.49. The van der Waals surface area contributed by atoms with E-state index in [1.165, 1.54) is 6.08 Å². The highest BCUT2D eigenvalue weighted by atomic mass is 32.1. The standard InChI is InChI=1S/C26H24N6O2S/c1-2-24(33)32-14-4-5-18(16-32)25(34)29-19-10-8-17(9-11-19)23-15-27-26(35-23)22-7-3-6-20(30-22)21-12-13-28-31-21/h2-3,6-13,15,18H,1,4-5,14,16H2,(H,28,31)(H,29,34)/t18-/m0/s1. The van der Waals surface area contributed by atoms with E-state index in [0.29, 0.717) is 13.1 Å². The number of likely N-dealkylation sites (tertiary alicyclic amines) is 1. The third-order valence-electron chi connectivity index (χ3n) is 5.97. The summed E-state index contributed by atoms with van der Waals surface area (Å²) < 4.78 is 0. The summed E-state index contributed by atoms with van der Waals surface area (Å²) in [5, 5.41) is 10.7. The fourth-order valence-electron chi connectivity index (χ4n) is 4.11. The predicted octanol–water partition coefficient (Wildman–Crippen LogP) is 4.63. The normalized spacial score (nSPS) is 15.5. The Labute approximate surface area is 206 Å². The molecular formula is C26H24N6O2S. The van der Waals surface area contributed by atoms with Crippen molar-refractivity contribution in [3.05, 3.63) is 73.6 Å². The summed E-state index contributed by atoms with van der Waals surface area (Å²) in [7, 11) is 0. The van der Waals surface area contributed by atoms with Gasteiger partial charge >= 0.3 is 0 Å². The number of aromatic nitrogens is 4. The molecule has 9 heteroatoms. The number of anilines is 1. The number of nitrogens with one attached hydrogen (secondary N) is 2. The molecule has 0 radical (unpaired) electrons. The minimum atomic E-state index is -0.221. The number of hydrogen-bond acceptors (Lipinski definition) is 6. The summed E-state index contributed by atoms with van der Waals surface area (Å²) in [4.78, 5) is 36.6. The first-order valence-corrected chi connectivity index (χ1v) is 12.2. The number of hydrogen-bond donors (Lipinski definition) is 2. The first-order chi connectivity index (χ1) is 17.1. The van der Waals surface area contributed by atoms with Crippen molar-refractivity contribution in [3.8, 4) is 32.5 Å². The topological polar surface area (TPSA) is 104 Å². The van der Waals surface area contributed by atoms with Crippen LogP contribution in [0.25, 0.3) is 32.5 Å². The van der Waals surface area contributed by atoms with Crippen LogP contribution in [0.1, 0.15) is 12.8 Å². The summed E-state index contributed by atoms with van der Waals surface area (Å²) in [6, 6.07) is 15.4. The molecule has 2 N–H and O–H groups in total. The number of amides is 2. The molecule has 0 unspecified atom stereocenters. The first kappa shape index (κ1) is 22.7. The smallest absolute Gasteiger partial charge is 0.245 e. The molecule has 5 rings (SSSR count). The molecule has 1 saturated heterocycles. The molecule has 1 fully saturated rings. The Morgan fingerprint density at radius 3 is 2.74 bits per heavy atom. The second-order valence-corrected chi connectivity index (χ2v) is 9.33. The number of H-pyrrole nitrogens is 1. The van der Waals surface area contributed by atoms with E-state index in [4.69, 9.17) is 4.98 Å². The van der Waals surface area contributed by atoms with Gasteiger partial charge in [-0.25, -0.2) is 9.97 Å². The fraction of sp³-hybridized carbons (Fsp3) is 0.192. The van der Waals surface area contributed by atoms with Crippen molar-refractivity contribution in [1.82, 2.24) is 25.1 Å². The zero-order valence-corrected chi connectivity index (χ0v) is 19.8. The lowest BCUT2D eigenvalue weighted by molar-refractivity contribution is -0.130. The van der Waals surface area contributed by atoms with Gasteiger partial charge in [0.1, 0.15) is 5.01 Å². The van der Waals surface area contributed by atoms with E-state index in [2.05, 4.69) is 27.1 Å². The molecule has 1 aromatic carbocycles. The highest BCUT2D eigenvalue weighted by Crippen LogP contribution is 2.32. The van der Waals surface area contributed by atoms with Gasteiger partial charge in [-0.05, 0) is 54.8 Å². The van der Waals surface area contributed by atoms with Crippen LogP contribution in [0.5, 0.6) is 0 Å². The van der Waals surface area contributed by atoms with E-state index in [1.807, 2.05) is 54.7 Å². The number of rotatable bonds is 6. The minimum Gasteiger partial charge on any atom is -0.338 e. The van der Waals surface area contributed by atoms with E-state index < -0.39 is 0 Å². The van der Waals surface area contributed by atoms with Crippen LogP contribution in [-0.2, 0) is 9.59 Å². The number of pyridine rings is 1. The van der Waals surface area contributed by atoms with Crippen molar-refractivity contribution in [2.75, 3.05) is 18.4 Å². The maximum absolute atomic E-state index is 12.8. The zero-order chi connectivity index (χ0) is 24.2. The molecule has 4 heterocycles. The molecule has 2 amide bonds. The third-order valence-corrected chi connectivity index (χ3v) is 7.03. The second-order valence-electron chi connectivity index (χ2n) is 8.30. The monoisotopic (exact) mass is 484 g/mol. The number of carbonyl (C=O) groups excluding carboxylic acids is 2. The van der Waals surface area contributed by atoms with Crippen LogP contribution in [0.4, 0.5) is 5.69 Å². The summed E-state index contributed by atoms with van der Waals surface area (Å²) in [5.41, 5.74) is 4.21. The molecule has 3 aromatic heterocycles. The number of aromatic amines is 1. The molecule has 176 valence electrons. The summed E-state index contributed by atoms with van der Waals surface area (Å²) >= 11 is 1.56. The largest absolute Gasteiger partial charge is 0.338 e. The second kappa shape index (κ2) is 10.0. The summed E-state index contributed by atoms with van der Waals surface area (Å²) in [6.45, 7) is 4.63. The molecule has 1 atom stereocenters. The van der Waals surface area contributed by atoms with Gasteiger partial charge in [0.25, 0.3) is 0 Å². The van der Waals surface area contributed by atoms with Gasteiger partial charge in [-0.15, -0.1) is 11.3 Å². The number of piperidine rings is 1. The highest BCUT2D eigenvalue weighted by molar-refractivity contribution is 7.18. The van der Waals surface area contributed by atoms with Gasteiger partial charge in [0.2, 0.25) is 11.8 Å². The Morgan fingerprint density at radius 1 is 1.14 bits per heavy atom. The molecule has 0 aliphatic carbocycles. The lowest BCUT2D eigenvalue weighted by Crippen LogP contribution is -2.43. The quantitative estimate of drug-likeness (QED) is 0.389. The SMILES string of the molecule is C=CC(=O)N1CCC[C@H](C(=O)Nc2ccc(-c3cnc(-c4cccc(-c5ccn[nH]5)n4)s3)cc2)C1. The van der Waals surface area contributed by atoms with Gasteiger partial charge in [0.15, 0.2) is 0 Å². The van der Waals surface area contributed by atoms with Crippen LogP contribution in [-0.4, -0.2) is 50.0 Å². The van der Waals surface area contributed by atoms with Gasteiger partial charge in [-0.2, -0.15) is 5.10 Å². The van der Waals surface area contributed by atoms with Crippen LogP contribution in [0.2, 0.25) is 0 Å². The molecule has 0 bridgehead atoms. The Morgan fingerprint density at radius 2 is 1.97 bits per heavy atom. The highest BCUT2D eigenvalue weighted by Gasteiger charge is 2.27. The van der Waals surface area contributed by atoms with Gasteiger partial charge in [0.05, 0.1) is 27.9 Å². The Hall–Kier alpha value is -4.11. The molecular weight excluding hydrogens is 460 g/mol. The van der Waals surface area contributed by atoms with Crippen molar-refractivity contribution >= 4 is 28.8 Å². The molecule has 0 spiro atoms. The fourth-order valence-corrected chi connectivity index (χ4v) is 5.00. The molecule has 0 saturated carbocycles. The van der Waals surface area contributed by atoms with Crippen LogP contribution in [0.3, 0.4) is 0 Å². The van der Waals surface area contributed by atoms with Crippen molar-refractivity contribution in [1.29, 1.82) is 0 Å². The zero-order valence-electron chi connectivity index (χ0n) is 19.0. The maximum Gasteiger partial charge on any atom is 0.245 e. The van der Waals surface area contributed by atoms with Crippen molar-refractivity contribution in [2.45, 2.75) is 12.8 Å². The predicted molar refractivity (Wildman–Crippen MR) is 136 cm³/mol. The van der Waals surface area contributed by atoms with Gasteiger partial charge in [-0.3, -0.25) is 14.7 Å². The summed E-state index contributed by atoms with van der Waals surface area (Å²) in [6.07, 6.45) is 6.42. The summed E-state index contributed by atoms with van der Waals surface area (Å²) in [5.74, 6) is -0.414. The van der Waals surface area contributed by atoms with Gasteiger partial charge < -0.3 is 10.2 Å². The van der Waals surface area contributed by atoms with Crippen LogP contribution >= 0.6 is 11.3 Å². The Bertz CT molecular complexity index is 1350. The van der Waals surface area contributed by atoms with E-state index in [0.717, 1.165) is 51.1 Å². The average molecular weight is 485 g/mol. The molecule has 1 aliphatic heterocycles. The molecule has 8 nitrogen and oxygen atoms in total. The number of carbonyl (C=O) groups is 2. The molecule has 1 aliphatic rings. The van der Waals surface area contributed by atoms with Crippen LogP contribution in [0.15, 0.2) is 73.6 Å². The molecule has 35 heavy (non-hydrogen) atoms. The van der Waals surface area contributed by atoms with Gasteiger partial charge in [0, 0.05) is 31.2 Å². The van der Waals surface area contributed by atoms with Gasteiger partial charge in [-0.1, -0.05) is 24.8 Å². The van der Waals surface area contributed by atoms with Crippen molar-refractivity contribution < 1.29 is 9.59 Å². The van der Waals surface area contributed by atoms with Crippen LogP contribution in [0, 0.1) is 5.92 Å². The average Bonchev–Trinajstić information content (AvgIpc) is 3.62. The minimum absolute atomic E-state index is 0.0670. The van der Waals surface area contributed by atoms with E-state index in [-0.39, 0.29) is 17.7 Å². The lowest BCUT2D eigenvalue weighted by Gasteiger charge is -2.31. The van der Waals surface area contributed by atoms with E-state index in [1.54, 1.807) is 22.4 Å². The van der Waals surface area contributed by atoms with E-state index in [9.17, 15) is 9.59 Å². The number of thiazole rings is 1.